The van der Waals surface area contributed by atoms with Crippen LogP contribution < -0.4 is 5.32 Å². The van der Waals surface area contributed by atoms with E-state index in [0.717, 1.165) is 31.9 Å². The zero-order valence-electron chi connectivity index (χ0n) is 14.2. The summed E-state index contributed by atoms with van der Waals surface area (Å²) >= 11 is 0. The lowest BCUT2D eigenvalue weighted by Crippen LogP contribution is -2.63. The molecule has 0 aromatic heterocycles. The Morgan fingerprint density at radius 1 is 1.17 bits per heavy atom. The molecule has 3 fully saturated rings. The Morgan fingerprint density at radius 2 is 2.04 bits per heavy atom. The van der Waals surface area contributed by atoms with E-state index < -0.39 is 0 Å². The molecule has 1 N–H and O–H groups in total. The van der Waals surface area contributed by atoms with Gasteiger partial charge in [-0.1, -0.05) is 24.3 Å². The summed E-state index contributed by atoms with van der Waals surface area (Å²) in [6.45, 7) is 6.16. The Hall–Kier alpha value is -0.900. The summed E-state index contributed by atoms with van der Waals surface area (Å²) in [5.41, 5.74) is 3.21. The lowest BCUT2D eigenvalue weighted by molar-refractivity contribution is -0.225. The van der Waals surface area contributed by atoms with Crippen LogP contribution in [0.1, 0.15) is 50.7 Å². The molecule has 2 bridgehead atoms. The summed E-state index contributed by atoms with van der Waals surface area (Å²) in [5, 5.41) is 3.80. The lowest BCUT2D eigenvalue weighted by atomic mass is 9.51. The lowest BCUT2D eigenvalue weighted by Gasteiger charge is -2.59. The number of rotatable bonds is 0. The summed E-state index contributed by atoms with van der Waals surface area (Å²) < 4.78 is 12.8. The third-order valence-corrected chi connectivity index (χ3v) is 6.73. The Labute approximate surface area is 138 Å². The Bertz CT molecular complexity index is 642. The molecule has 2 saturated heterocycles. The van der Waals surface area contributed by atoms with E-state index in [0.29, 0.717) is 6.04 Å². The minimum atomic E-state index is -0.355. The molecule has 3 heteroatoms. The van der Waals surface area contributed by atoms with E-state index in [-0.39, 0.29) is 16.8 Å². The molecule has 4 atom stereocenters. The summed E-state index contributed by atoms with van der Waals surface area (Å²) in [6, 6.07) is 9.74. The van der Waals surface area contributed by atoms with Crippen molar-refractivity contribution in [3.05, 3.63) is 35.4 Å². The highest BCUT2D eigenvalue weighted by atomic mass is 16.8. The van der Waals surface area contributed by atoms with Gasteiger partial charge in [-0.15, -0.1) is 0 Å². The number of hydrogen-bond acceptors (Lipinski definition) is 3. The minimum Gasteiger partial charge on any atom is -0.347 e. The maximum absolute atomic E-state index is 6.48. The van der Waals surface area contributed by atoms with E-state index in [1.807, 2.05) is 0 Å². The van der Waals surface area contributed by atoms with Crippen molar-refractivity contribution in [3.8, 4) is 0 Å². The van der Waals surface area contributed by atoms with Crippen molar-refractivity contribution in [1.82, 2.24) is 5.32 Å². The van der Waals surface area contributed by atoms with Crippen LogP contribution in [0.4, 0.5) is 0 Å². The Morgan fingerprint density at radius 3 is 2.87 bits per heavy atom. The second-order valence-electron chi connectivity index (χ2n) is 8.71. The maximum Gasteiger partial charge on any atom is 0.170 e. The Kier molecular flexibility index (Phi) is 2.88. The van der Waals surface area contributed by atoms with Crippen molar-refractivity contribution in [3.63, 3.8) is 0 Å². The molecule has 1 spiro atoms. The number of fused-ring (bicyclic) bond motifs is 1. The van der Waals surface area contributed by atoms with Gasteiger partial charge in [-0.3, -0.25) is 0 Å². The molecular weight excluding hydrogens is 286 g/mol. The topological polar surface area (TPSA) is 30.5 Å². The van der Waals surface area contributed by atoms with Crippen LogP contribution >= 0.6 is 0 Å². The fourth-order valence-corrected chi connectivity index (χ4v) is 5.98. The molecule has 1 aromatic carbocycles. The van der Waals surface area contributed by atoms with Gasteiger partial charge in [0.05, 0.1) is 12.2 Å². The van der Waals surface area contributed by atoms with Crippen molar-refractivity contribution in [1.29, 1.82) is 0 Å². The van der Waals surface area contributed by atoms with Crippen LogP contribution in [0.25, 0.3) is 0 Å². The van der Waals surface area contributed by atoms with Crippen LogP contribution in [-0.4, -0.2) is 30.6 Å². The quantitative estimate of drug-likeness (QED) is 0.798. The predicted octanol–water partition coefficient (Wildman–Crippen LogP) is 3.16. The zero-order valence-corrected chi connectivity index (χ0v) is 14.2. The average Bonchev–Trinajstić information content (AvgIpc) is 2.81. The van der Waals surface area contributed by atoms with Crippen LogP contribution in [0.2, 0.25) is 0 Å². The van der Waals surface area contributed by atoms with Gasteiger partial charge in [0.25, 0.3) is 0 Å². The molecule has 124 valence electrons. The molecule has 2 aliphatic carbocycles. The number of hydrogen-bond donors (Lipinski definition) is 1. The first-order valence-corrected chi connectivity index (χ1v) is 9.18. The SMILES string of the molecule is CC1(C)COC2(CC[C@H]3[C@H]4Cc5ccccc5[C@@]3(CCN4)C2)O1. The van der Waals surface area contributed by atoms with E-state index in [1.165, 1.54) is 24.8 Å². The number of ether oxygens (including phenoxy) is 2. The smallest absolute Gasteiger partial charge is 0.170 e. The number of nitrogens with one attached hydrogen (secondary N) is 1. The molecule has 3 nitrogen and oxygen atoms in total. The second-order valence-corrected chi connectivity index (χ2v) is 8.71. The van der Waals surface area contributed by atoms with Crippen LogP contribution in [-0.2, 0) is 21.3 Å². The van der Waals surface area contributed by atoms with Gasteiger partial charge in [0.15, 0.2) is 5.79 Å². The molecule has 1 unspecified atom stereocenters. The van der Waals surface area contributed by atoms with Gasteiger partial charge in [-0.2, -0.15) is 0 Å². The van der Waals surface area contributed by atoms with E-state index >= 15 is 0 Å². The molecule has 4 aliphatic rings. The molecule has 0 radical (unpaired) electrons. The van der Waals surface area contributed by atoms with Crippen molar-refractivity contribution >= 4 is 0 Å². The van der Waals surface area contributed by atoms with E-state index in [2.05, 4.69) is 43.4 Å². The minimum absolute atomic E-state index is 0.149. The van der Waals surface area contributed by atoms with Crippen molar-refractivity contribution in [2.24, 2.45) is 5.92 Å². The summed E-state index contributed by atoms with van der Waals surface area (Å²) in [5.74, 6) is 0.375. The molecular formula is C20H27NO2. The molecule has 2 heterocycles. The highest BCUT2D eigenvalue weighted by Crippen LogP contribution is 2.58. The molecule has 1 saturated carbocycles. The van der Waals surface area contributed by atoms with E-state index in [1.54, 1.807) is 5.56 Å². The first-order chi connectivity index (χ1) is 11.0. The molecule has 5 rings (SSSR count). The van der Waals surface area contributed by atoms with Crippen molar-refractivity contribution in [2.75, 3.05) is 13.2 Å². The monoisotopic (exact) mass is 313 g/mol. The van der Waals surface area contributed by atoms with Crippen LogP contribution in [0.5, 0.6) is 0 Å². The summed E-state index contributed by atoms with van der Waals surface area (Å²) in [4.78, 5) is 0. The molecule has 1 aromatic rings. The standard InChI is InChI=1S/C20H27NO2/c1-18(2)13-22-20(23-18)8-7-16-17-11-14-5-3-4-6-15(14)19(16,12-20)9-10-21-17/h3-6,16-17,21H,7-13H2,1-2H3/t16-,17+,19+,20?/m0/s1. The summed E-state index contributed by atoms with van der Waals surface area (Å²) in [6.07, 6.45) is 5.68. The van der Waals surface area contributed by atoms with Gasteiger partial charge in [-0.25, -0.2) is 0 Å². The van der Waals surface area contributed by atoms with Crippen LogP contribution in [0.3, 0.4) is 0 Å². The van der Waals surface area contributed by atoms with Gasteiger partial charge in [-0.05, 0) is 56.7 Å². The third-order valence-electron chi connectivity index (χ3n) is 6.73. The molecule has 2 aliphatic heterocycles. The second kappa shape index (κ2) is 4.59. The zero-order chi connectivity index (χ0) is 15.7. The number of piperidine rings is 1. The fourth-order valence-electron chi connectivity index (χ4n) is 5.98. The molecule has 23 heavy (non-hydrogen) atoms. The highest BCUT2D eigenvalue weighted by Gasteiger charge is 2.60. The van der Waals surface area contributed by atoms with Crippen molar-refractivity contribution in [2.45, 2.75) is 68.8 Å². The Balaban J connectivity index is 1.60. The largest absolute Gasteiger partial charge is 0.347 e. The molecule has 0 amide bonds. The van der Waals surface area contributed by atoms with Gasteiger partial charge in [0.2, 0.25) is 0 Å². The average molecular weight is 313 g/mol. The number of benzene rings is 1. The predicted molar refractivity (Wildman–Crippen MR) is 89.4 cm³/mol. The van der Waals surface area contributed by atoms with E-state index in [9.17, 15) is 0 Å². The first kappa shape index (κ1) is 14.4. The normalized spacial score (nSPS) is 43.9. The first-order valence-electron chi connectivity index (χ1n) is 9.18. The van der Waals surface area contributed by atoms with Gasteiger partial charge < -0.3 is 14.8 Å². The van der Waals surface area contributed by atoms with E-state index in [4.69, 9.17) is 9.47 Å². The van der Waals surface area contributed by atoms with Gasteiger partial charge in [0.1, 0.15) is 0 Å². The van der Waals surface area contributed by atoms with Crippen LogP contribution in [0, 0.1) is 5.92 Å². The fraction of sp³-hybridized carbons (Fsp3) is 0.700. The third kappa shape index (κ3) is 2.00. The van der Waals surface area contributed by atoms with Gasteiger partial charge >= 0.3 is 0 Å². The summed E-state index contributed by atoms with van der Waals surface area (Å²) in [7, 11) is 0. The highest BCUT2D eigenvalue weighted by molar-refractivity contribution is 5.41. The van der Waals surface area contributed by atoms with Crippen LogP contribution in [0.15, 0.2) is 24.3 Å². The van der Waals surface area contributed by atoms with Gasteiger partial charge in [0, 0.05) is 24.3 Å². The maximum atomic E-state index is 6.48. The van der Waals surface area contributed by atoms with Crippen molar-refractivity contribution < 1.29 is 9.47 Å².